The third-order valence-corrected chi connectivity index (χ3v) is 4.66. The van der Waals surface area contributed by atoms with E-state index in [9.17, 15) is 4.79 Å². The number of alkyl halides is 1. The van der Waals surface area contributed by atoms with Gasteiger partial charge in [-0.2, -0.15) is 0 Å². The summed E-state index contributed by atoms with van der Waals surface area (Å²) >= 11 is 2.34. The number of piperidine rings is 1. The molecule has 0 aliphatic carbocycles. The molecule has 0 N–H and O–H groups in total. The molecule has 0 aromatic carbocycles. The van der Waals surface area contributed by atoms with Crippen molar-refractivity contribution in [1.82, 2.24) is 4.90 Å². The predicted octanol–water partition coefficient (Wildman–Crippen LogP) is 3.24. The van der Waals surface area contributed by atoms with Crippen LogP contribution in [0, 0.1) is 0 Å². The van der Waals surface area contributed by atoms with Gasteiger partial charge in [-0.05, 0) is 40.5 Å². The van der Waals surface area contributed by atoms with Crippen molar-refractivity contribution in [2.75, 3.05) is 37.3 Å². The summed E-state index contributed by atoms with van der Waals surface area (Å²) in [5.41, 5.74) is -0.732. The van der Waals surface area contributed by atoms with Crippen LogP contribution < -0.4 is 0 Å². The fraction of sp³-hybridized carbons (Fsp3) is 0.933. The second-order valence-corrected chi connectivity index (χ2v) is 7.13. The highest BCUT2D eigenvalue weighted by atomic mass is 127. The number of ether oxygens (including phenoxy) is 3. The van der Waals surface area contributed by atoms with Gasteiger partial charge in [0.05, 0.1) is 25.4 Å². The Bertz CT molecular complexity index is 332. The van der Waals surface area contributed by atoms with Gasteiger partial charge in [0.25, 0.3) is 0 Å². The monoisotopic (exact) mass is 413 g/mol. The van der Waals surface area contributed by atoms with Crippen molar-refractivity contribution in [3.8, 4) is 0 Å². The number of hydrogen-bond acceptors (Lipinski definition) is 4. The second-order valence-electron chi connectivity index (χ2n) is 6.37. The lowest BCUT2D eigenvalue weighted by atomic mass is 9.95. The zero-order valence-corrected chi connectivity index (χ0v) is 15.8. The molecule has 0 radical (unpaired) electrons. The summed E-state index contributed by atoms with van der Waals surface area (Å²) in [4.78, 5) is 14.0. The van der Waals surface area contributed by atoms with Crippen molar-refractivity contribution in [3.05, 3.63) is 0 Å². The Hall–Kier alpha value is -0.0800. The smallest absolute Gasteiger partial charge is 0.410 e. The second kappa shape index (κ2) is 8.53. The van der Waals surface area contributed by atoms with Gasteiger partial charge in [-0.1, -0.05) is 22.6 Å². The largest absolute Gasteiger partial charge is 0.444 e. The molecule has 1 unspecified atom stereocenters. The first-order valence-electron chi connectivity index (χ1n) is 7.57. The number of carbonyl (C=O) groups is 1. The van der Waals surface area contributed by atoms with Gasteiger partial charge in [-0.25, -0.2) is 4.79 Å². The normalized spacial score (nSPS) is 23.2. The average Bonchev–Trinajstić information content (AvgIpc) is 2.42. The number of halogens is 1. The van der Waals surface area contributed by atoms with E-state index in [1.165, 1.54) is 0 Å². The Morgan fingerprint density at radius 2 is 2.05 bits per heavy atom. The van der Waals surface area contributed by atoms with Crippen molar-refractivity contribution in [2.45, 2.75) is 51.7 Å². The molecule has 0 saturated carbocycles. The van der Waals surface area contributed by atoms with Crippen molar-refractivity contribution in [3.63, 3.8) is 0 Å². The molecule has 1 aliphatic rings. The van der Waals surface area contributed by atoms with Gasteiger partial charge in [0.1, 0.15) is 5.60 Å². The highest BCUT2D eigenvalue weighted by Gasteiger charge is 2.38. The third-order valence-electron chi connectivity index (χ3n) is 3.27. The summed E-state index contributed by atoms with van der Waals surface area (Å²) in [6.45, 7) is 10.8. The maximum Gasteiger partial charge on any atom is 0.410 e. The number of carbonyl (C=O) groups excluding carboxylic acids is 1. The zero-order chi connectivity index (χ0) is 15.9. The molecule has 6 heteroatoms. The van der Waals surface area contributed by atoms with E-state index >= 15 is 0 Å². The first-order chi connectivity index (χ1) is 9.82. The Morgan fingerprint density at radius 1 is 1.33 bits per heavy atom. The SMILES string of the molecule is CCOCCOC1(CI)CCCN(C(=O)OC(C)(C)C)C1. The highest BCUT2D eigenvalue weighted by molar-refractivity contribution is 14.1. The lowest BCUT2D eigenvalue weighted by molar-refractivity contribution is -0.0883. The maximum absolute atomic E-state index is 12.2. The maximum atomic E-state index is 12.2. The molecule has 0 aromatic heterocycles. The summed E-state index contributed by atoms with van der Waals surface area (Å²) in [7, 11) is 0. The topological polar surface area (TPSA) is 48.0 Å². The van der Waals surface area contributed by atoms with Gasteiger partial charge in [0.2, 0.25) is 0 Å². The van der Waals surface area contributed by atoms with E-state index in [4.69, 9.17) is 14.2 Å². The van der Waals surface area contributed by atoms with Gasteiger partial charge >= 0.3 is 6.09 Å². The lowest BCUT2D eigenvalue weighted by Gasteiger charge is -2.41. The van der Waals surface area contributed by atoms with E-state index in [1.807, 2.05) is 27.7 Å². The Kier molecular flexibility index (Phi) is 7.70. The molecular weight excluding hydrogens is 385 g/mol. The van der Waals surface area contributed by atoms with Crippen LogP contribution in [0.4, 0.5) is 4.79 Å². The Labute approximate surface area is 141 Å². The van der Waals surface area contributed by atoms with Crippen molar-refractivity contribution in [2.24, 2.45) is 0 Å². The molecule has 1 fully saturated rings. The van der Waals surface area contributed by atoms with E-state index in [1.54, 1.807) is 4.90 Å². The summed E-state index contributed by atoms with van der Waals surface area (Å²) in [6, 6.07) is 0. The number of amides is 1. The standard InChI is InChI=1S/C15H28INO4/c1-5-19-9-10-20-15(11-16)7-6-8-17(12-15)13(18)21-14(2,3)4/h5-12H2,1-4H3. The van der Waals surface area contributed by atoms with Gasteiger partial charge in [-0.3, -0.25) is 0 Å². The summed E-state index contributed by atoms with van der Waals surface area (Å²) < 4.78 is 17.7. The van der Waals surface area contributed by atoms with E-state index in [0.717, 1.165) is 23.8 Å². The highest BCUT2D eigenvalue weighted by Crippen LogP contribution is 2.28. The molecule has 1 amide bonds. The van der Waals surface area contributed by atoms with Crippen LogP contribution in [0.2, 0.25) is 0 Å². The summed E-state index contributed by atoms with van der Waals surface area (Å²) in [6.07, 6.45) is 1.67. The van der Waals surface area contributed by atoms with Crippen LogP contribution in [-0.2, 0) is 14.2 Å². The zero-order valence-electron chi connectivity index (χ0n) is 13.6. The predicted molar refractivity (Wildman–Crippen MR) is 91.1 cm³/mol. The molecular formula is C15H28INO4. The minimum Gasteiger partial charge on any atom is -0.444 e. The molecule has 21 heavy (non-hydrogen) atoms. The number of likely N-dealkylation sites (tertiary alicyclic amines) is 1. The van der Waals surface area contributed by atoms with Crippen LogP contribution in [0.3, 0.4) is 0 Å². The number of nitrogens with zero attached hydrogens (tertiary/aromatic N) is 1. The van der Waals surface area contributed by atoms with E-state index in [-0.39, 0.29) is 11.7 Å². The van der Waals surface area contributed by atoms with Crippen LogP contribution >= 0.6 is 22.6 Å². The van der Waals surface area contributed by atoms with Crippen LogP contribution in [0.5, 0.6) is 0 Å². The molecule has 0 bridgehead atoms. The number of hydrogen-bond donors (Lipinski definition) is 0. The van der Waals surface area contributed by atoms with Gasteiger partial charge < -0.3 is 19.1 Å². The summed E-state index contributed by atoms with van der Waals surface area (Å²) in [5.74, 6) is 0. The molecule has 1 aliphatic heterocycles. The Balaban J connectivity index is 2.56. The third kappa shape index (κ3) is 6.69. The molecule has 5 nitrogen and oxygen atoms in total. The fourth-order valence-corrected chi connectivity index (χ4v) is 3.15. The average molecular weight is 413 g/mol. The fourth-order valence-electron chi connectivity index (χ4n) is 2.31. The van der Waals surface area contributed by atoms with Crippen LogP contribution in [0.15, 0.2) is 0 Å². The van der Waals surface area contributed by atoms with E-state index < -0.39 is 5.60 Å². The number of rotatable bonds is 6. The van der Waals surface area contributed by atoms with Crippen LogP contribution in [0.1, 0.15) is 40.5 Å². The van der Waals surface area contributed by atoms with E-state index in [0.29, 0.717) is 26.4 Å². The molecule has 0 spiro atoms. The minimum atomic E-state index is -0.461. The van der Waals surface area contributed by atoms with Gasteiger partial charge in [0, 0.05) is 17.6 Å². The quantitative estimate of drug-likeness (QED) is 0.381. The first-order valence-corrected chi connectivity index (χ1v) is 9.10. The van der Waals surface area contributed by atoms with Crippen LogP contribution in [0.25, 0.3) is 0 Å². The molecule has 0 aromatic rings. The van der Waals surface area contributed by atoms with Crippen molar-refractivity contribution < 1.29 is 19.0 Å². The van der Waals surface area contributed by atoms with Crippen molar-refractivity contribution in [1.29, 1.82) is 0 Å². The minimum absolute atomic E-state index is 0.246. The molecule has 1 saturated heterocycles. The van der Waals surface area contributed by atoms with Crippen molar-refractivity contribution >= 4 is 28.7 Å². The molecule has 1 rings (SSSR count). The lowest BCUT2D eigenvalue weighted by Crippen LogP contribution is -2.54. The van der Waals surface area contributed by atoms with Gasteiger partial charge in [0.15, 0.2) is 0 Å². The van der Waals surface area contributed by atoms with Crippen LogP contribution in [-0.4, -0.2) is 59.5 Å². The van der Waals surface area contributed by atoms with Gasteiger partial charge in [-0.15, -0.1) is 0 Å². The molecule has 1 atom stereocenters. The van der Waals surface area contributed by atoms with E-state index in [2.05, 4.69) is 22.6 Å². The molecule has 1 heterocycles. The molecule has 124 valence electrons. The first kappa shape index (κ1) is 19.0. The Morgan fingerprint density at radius 3 is 2.62 bits per heavy atom. The summed E-state index contributed by atoms with van der Waals surface area (Å²) in [5, 5.41) is 0.